The van der Waals surface area contributed by atoms with Gasteiger partial charge in [0.2, 0.25) is 0 Å². The molecule has 0 aliphatic heterocycles. The first kappa shape index (κ1) is 15.5. The summed E-state index contributed by atoms with van der Waals surface area (Å²) in [6.45, 7) is 1.87. The molecular weight excluding hydrogens is 290 g/mol. The van der Waals surface area contributed by atoms with Crippen molar-refractivity contribution in [2.45, 2.75) is 31.5 Å². The minimum absolute atomic E-state index is 0.0997. The van der Waals surface area contributed by atoms with Crippen LogP contribution in [0.4, 0.5) is 0 Å². The van der Waals surface area contributed by atoms with Crippen molar-refractivity contribution in [3.05, 3.63) is 35.7 Å². The number of aromatic nitrogens is 3. The third-order valence-corrected chi connectivity index (χ3v) is 3.81. The fourth-order valence-electron chi connectivity index (χ4n) is 1.98. The van der Waals surface area contributed by atoms with Crippen LogP contribution in [0.25, 0.3) is 5.69 Å². The lowest BCUT2D eigenvalue weighted by molar-refractivity contribution is -0.133. The summed E-state index contributed by atoms with van der Waals surface area (Å²) >= 11 is 1.08. The first-order chi connectivity index (χ1) is 10.2. The number of aliphatic carboxylic acids is 1. The molecule has 0 saturated heterocycles. The summed E-state index contributed by atoms with van der Waals surface area (Å²) < 4.78 is 1.68. The standard InChI is InChI=1S/C14H17N3O3S/c1-2-3-10-4-6-11(7-5-10)17-12(8-18)15-16-14(17)21-9-13(19)20/h4-7,18H,2-3,8-9H2,1H3,(H,19,20). The molecule has 6 nitrogen and oxygen atoms in total. The molecule has 1 aromatic heterocycles. The van der Waals surface area contributed by atoms with Gasteiger partial charge in [-0.25, -0.2) is 0 Å². The zero-order chi connectivity index (χ0) is 15.2. The molecule has 2 rings (SSSR count). The Morgan fingerprint density at radius 1 is 1.29 bits per heavy atom. The molecule has 0 spiro atoms. The van der Waals surface area contributed by atoms with Gasteiger partial charge in [-0.05, 0) is 24.1 Å². The fraction of sp³-hybridized carbons (Fsp3) is 0.357. The molecule has 1 aromatic carbocycles. The van der Waals surface area contributed by atoms with E-state index in [4.69, 9.17) is 5.11 Å². The summed E-state index contributed by atoms with van der Waals surface area (Å²) in [5, 5.41) is 26.4. The van der Waals surface area contributed by atoms with Crippen molar-refractivity contribution in [2.24, 2.45) is 0 Å². The van der Waals surface area contributed by atoms with Crippen LogP contribution in [0.5, 0.6) is 0 Å². The Bertz CT molecular complexity index is 610. The van der Waals surface area contributed by atoms with Gasteiger partial charge in [-0.2, -0.15) is 0 Å². The Morgan fingerprint density at radius 2 is 2.00 bits per heavy atom. The van der Waals surface area contributed by atoms with E-state index in [0.717, 1.165) is 30.3 Å². The van der Waals surface area contributed by atoms with Crippen LogP contribution in [-0.2, 0) is 17.8 Å². The molecule has 0 aliphatic rings. The predicted molar refractivity (Wildman–Crippen MR) is 79.6 cm³/mol. The number of nitrogens with zero attached hydrogens (tertiary/aromatic N) is 3. The number of thioether (sulfide) groups is 1. The second-order valence-corrected chi connectivity index (χ2v) is 5.43. The van der Waals surface area contributed by atoms with Gasteiger partial charge in [0.05, 0.1) is 5.75 Å². The van der Waals surface area contributed by atoms with E-state index < -0.39 is 5.97 Å². The summed E-state index contributed by atoms with van der Waals surface area (Å²) in [7, 11) is 0. The van der Waals surface area contributed by atoms with Crippen molar-refractivity contribution in [2.75, 3.05) is 5.75 Å². The Balaban J connectivity index is 2.31. The highest BCUT2D eigenvalue weighted by Crippen LogP contribution is 2.22. The lowest BCUT2D eigenvalue weighted by Crippen LogP contribution is -2.05. The lowest BCUT2D eigenvalue weighted by atomic mass is 10.1. The van der Waals surface area contributed by atoms with E-state index >= 15 is 0 Å². The molecule has 0 saturated carbocycles. The minimum Gasteiger partial charge on any atom is -0.481 e. The Kier molecular flexibility index (Phi) is 5.35. The quantitative estimate of drug-likeness (QED) is 0.759. The first-order valence-corrected chi connectivity index (χ1v) is 7.63. The summed E-state index contributed by atoms with van der Waals surface area (Å²) in [6, 6.07) is 7.90. The second kappa shape index (κ2) is 7.24. The Labute approximate surface area is 126 Å². The summed E-state index contributed by atoms with van der Waals surface area (Å²) in [5.74, 6) is -0.623. The smallest absolute Gasteiger partial charge is 0.313 e. The maximum Gasteiger partial charge on any atom is 0.313 e. The van der Waals surface area contributed by atoms with Crippen molar-refractivity contribution in [3.8, 4) is 5.69 Å². The lowest BCUT2D eigenvalue weighted by Gasteiger charge is -2.09. The van der Waals surface area contributed by atoms with E-state index in [0.29, 0.717) is 11.0 Å². The molecule has 21 heavy (non-hydrogen) atoms. The molecule has 2 N–H and O–H groups in total. The first-order valence-electron chi connectivity index (χ1n) is 6.64. The van der Waals surface area contributed by atoms with Crippen molar-refractivity contribution >= 4 is 17.7 Å². The fourth-order valence-corrected chi connectivity index (χ4v) is 2.67. The van der Waals surface area contributed by atoms with Gasteiger partial charge in [0.25, 0.3) is 0 Å². The van der Waals surface area contributed by atoms with Gasteiger partial charge in [0.15, 0.2) is 11.0 Å². The van der Waals surface area contributed by atoms with Crippen LogP contribution in [-0.4, -0.2) is 36.7 Å². The predicted octanol–water partition coefficient (Wildman–Crippen LogP) is 1.89. The van der Waals surface area contributed by atoms with Crippen molar-refractivity contribution in [1.82, 2.24) is 14.8 Å². The zero-order valence-electron chi connectivity index (χ0n) is 11.7. The molecule has 2 aromatic rings. The minimum atomic E-state index is -0.918. The van der Waals surface area contributed by atoms with Crippen LogP contribution in [0, 0.1) is 0 Å². The monoisotopic (exact) mass is 307 g/mol. The molecule has 0 bridgehead atoms. The van der Waals surface area contributed by atoms with E-state index in [1.807, 2.05) is 24.3 Å². The third-order valence-electron chi connectivity index (χ3n) is 2.90. The molecule has 7 heteroatoms. The van der Waals surface area contributed by atoms with Crippen LogP contribution in [0.2, 0.25) is 0 Å². The van der Waals surface area contributed by atoms with Crippen molar-refractivity contribution in [1.29, 1.82) is 0 Å². The van der Waals surface area contributed by atoms with Gasteiger partial charge in [0, 0.05) is 5.69 Å². The van der Waals surface area contributed by atoms with Crippen LogP contribution in [0.15, 0.2) is 29.4 Å². The molecule has 1 heterocycles. The van der Waals surface area contributed by atoms with E-state index in [9.17, 15) is 9.90 Å². The maximum absolute atomic E-state index is 10.7. The normalized spacial score (nSPS) is 10.8. The zero-order valence-corrected chi connectivity index (χ0v) is 12.5. The van der Waals surface area contributed by atoms with Crippen molar-refractivity contribution in [3.63, 3.8) is 0 Å². The molecule has 0 atom stereocenters. The summed E-state index contributed by atoms with van der Waals surface area (Å²) in [4.78, 5) is 10.7. The number of hydrogen-bond acceptors (Lipinski definition) is 5. The average Bonchev–Trinajstić information content (AvgIpc) is 2.89. The Morgan fingerprint density at radius 3 is 2.57 bits per heavy atom. The SMILES string of the molecule is CCCc1ccc(-n2c(CO)nnc2SCC(=O)O)cc1. The van der Waals surface area contributed by atoms with Gasteiger partial charge in [-0.15, -0.1) is 10.2 Å². The van der Waals surface area contributed by atoms with Crippen molar-refractivity contribution < 1.29 is 15.0 Å². The van der Waals surface area contributed by atoms with Gasteiger partial charge in [0.1, 0.15) is 6.61 Å². The number of carbonyl (C=O) groups is 1. The number of rotatable bonds is 7. The molecule has 112 valence electrons. The Hall–Kier alpha value is -1.86. The highest BCUT2D eigenvalue weighted by molar-refractivity contribution is 7.99. The van der Waals surface area contributed by atoms with E-state index in [1.54, 1.807) is 4.57 Å². The van der Waals surface area contributed by atoms with Gasteiger partial charge in [-0.1, -0.05) is 37.2 Å². The molecule has 0 amide bonds. The van der Waals surface area contributed by atoms with E-state index in [-0.39, 0.29) is 12.4 Å². The topological polar surface area (TPSA) is 88.2 Å². The molecule has 0 unspecified atom stereocenters. The number of aryl methyl sites for hydroxylation is 1. The number of aliphatic hydroxyl groups excluding tert-OH is 1. The molecule has 0 radical (unpaired) electrons. The second-order valence-electron chi connectivity index (χ2n) is 4.49. The van der Waals surface area contributed by atoms with Crippen LogP contribution in [0.1, 0.15) is 24.7 Å². The van der Waals surface area contributed by atoms with Gasteiger partial charge >= 0.3 is 5.97 Å². The average molecular weight is 307 g/mol. The van der Waals surface area contributed by atoms with E-state index in [1.165, 1.54) is 5.56 Å². The van der Waals surface area contributed by atoms with Crippen LogP contribution in [0.3, 0.4) is 0 Å². The number of aliphatic hydroxyl groups is 1. The van der Waals surface area contributed by atoms with E-state index in [2.05, 4.69) is 17.1 Å². The number of carboxylic acids is 1. The summed E-state index contributed by atoms with van der Waals surface area (Å²) in [6.07, 6.45) is 2.09. The maximum atomic E-state index is 10.7. The summed E-state index contributed by atoms with van der Waals surface area (Å²) in [5.41, 5.74) is 2.05. The van der Waals surface area contributed by atoms with Crippen LogP contribution < -0.4 is 0 Å². The highest BCUT2D eigenvalue weighted by atomic mass is 32.2. The van der Waals surface area contributed by atoms with Gasteiger partial charge in [-0.3, -0.25) is 9.36 Å². The number of benzene rings is 1. The number of hydrogen-bond donors (Lipinski definition) is 2. The van der Waals surface area contributed by atoms with Gasteiger partial charge < -0.3 is 10.2 Å². The molecule has 0 aliphatic carbocycles. The molecular formula is C14H17N3O3S. The van der Waals surface area contributed by atoms with Crippen LogP contribution >= 0.6 is 11.8 Å². The molecule has 0 fully saturated rings. The number of carboxylic acid groups (broad SMARTS) is 1. The third kappa shape index (κ3) is 3.83. The highest BCUT2D eigenvalue weighted by Gasteiger charge is 2.14. The largest absolute Gasteiger partial charge is 0.481 e.